The topological polar surface area (TPSA) is 298 Å². The van der Waals surface area contributed by atoms with Gasteiger partial charge in [-0.05, 0) is 106 Å². The number of nitrogens with zero attached hydrogens (tertiary/aromatic N) is 6. The number of piperidine rings is 1. The molecule has 0 aromatic heterocycles. The highest BCUT2D eigenvalue weighted by Gasteiger charge is 2.45. The minimum Gasteiger partial charge on any atom is -0.393 e. The van der Waals surface area contributed by atoms with Gasteiger partial charge in [-0.25, -0.2) is 0 Å². The molecular formula is C75H113N9O14. The second-order valence-electron chi connectivity index (χ2n) is 29.2. The molecule has 23 heteroatoms. The lowest BCUT2D eigenvalue weighted by Gasteiger charge is -2.37. The smallest absolute Gasteiger partial charge is 0.245 e. The van der Waals surface area contributed by atoms with Crippen LogP contribution in [0.1, 0.15) is 171 Å². The standard InChI is InChI=1S/C75H113N9O14/c1-16-48(8)68-64(89)41-55(38-52-27-20-17-21-28-52)72(95)79(12)60(39-53-29-22-18-23-30-53)63(88)42-56(51(11)85)73(96)84-34-26-31-58(84)62(87)40-54(35-45(2)3)70(93)78-57(74(97)83-32-24-19-25-33-83)43-65(90)77-50(10)69(92)76-44-66(91)81(14)67(47(6)7)75(98)80(13)59(36-46(4)5)61(86)37-49(9)71(94)82(68)15/h17-18,20-23,27-30,45-51,54-60,67-68,85H,16,19,24-26,31-44H2,1-15H3,(H,76,92)(H,77,90)(H,78,93)/t48-,49+,50-,51+,54+,55+,56-,57-,58-,59-,60-,67-,68-/m0/s1. The molecule has 0 aliphatic carbocycles. The molecule has 0 bridgehead atoms. The van der Waals surface area contributed by atoms with Crippen molar-refractivity contribution in [1.82, 2.24) is 45.3 Å². The number of amides is 9. The van der Waals surface area contributed by atoms with Crippen molar-refractivity contribution in [3.63, 3.8) is 0 Å². The molecule has 9 amide bonds. The van der Waals surface area contributed by atoms with E-state index in [9.17, 15) is 48.3 Å². The zero-order chi connectivity index (χ0) is 73.0. The predicted octanol–water partition coefficient (Wildman–Crippen LogP) is 5.79. The van der Waals surface area contributed by atoms with Gasteiger partial charge in [0.15, 0.2) is 23.1 Å². The van der Waals surface area contributed by atoms with E-state index in [1.807, 2.05) is 59.7 Å². The van der Waals surface area contributed by atoms with Crippen LogP contribution in [0.5, 0.6) is 0 Å². The number of carbonyl (C=O) groups excluding carboxylic acids is 13. The first kappa shape index (κ1) is 81.0. The van der Waals surface area contributed by atoms with Crippen LogP contribution < -0.4 is 16.0 Å². The summed E-state index contributed by atoms with van der Waals surface area (Å²) in [6, 6.07) is 9.84. The maximum Gasteiger partial charge on any atom is 0.245 e. The third-order valence-corrected chi connectivity index (χ3v) is 20.0. The van der Waals surface area contributed by atoms with Crippen LogP contribution in [0.25, 0.3) is 0 Å². The van der Waals surface area contributed by atoms with Crippen LogP contribution in [0.2, 0.25) is 0 Å². The van der Waals surface area contributed by atoms with Crippen LogP contribution >= 0.6 is 0 Å². The fourth-order valence-electron chi connectivity index (χ4n) is 14.2. The van der Waals surface area contributed by atoms with E-state index < -0.39 is 180 Å². The van der Waals surface area contributed by atoms with E-state index in [0.29, 0.717) is 44.3 Å². The molecule has 0 saturated carbocycles. The Balaban J connectivity index is 1.60. The van der Waals surface area contributed by atoms with Gasteiger partial charge >= 0.3 is 0 Å². The van der Waals surface area contributed by atoms with Crippen LogP contribution in [0.4, 0.5) is 0 Å². The Morgan fingerprint density at radius 1 is 0.541 bits per heavy atom. The van der Waals surface area contributed by atoms with Gasteiger partial charge in [0.2, 0.25) is 53.2 Å². The first-order chi connectivity index (χ1) is 46.2. The van der Waals surface area contributed by atoms with Crippen LogP contribution in [0.3, 0.4) is 0 Å². The van der Waals surface area contributed by atoms with Gasteiger partial charge in [0.25, 0.3) is 0 Å². The molecule has 542 valence electrons. The van der Waals surface area contributed by atoms with Crippen LogP contribution in [0, 0.1) is 47.3 Å². The van der Waals surface area contributed by atoms with E-state index in [2.05, 4.69) is 16.0 Å². The molecule has 3 heterocycles. The second-order valence-corrected chi connectivity index (χ2v) is 29.2. The average molecular weight is 1360 g/mol. The number of nitrogens with one attached hydrogen (secondary N) is 3. The minimum atomic E-state index is -1.42. The van der Waals surface area contributed by atoms with E-state index in [-0.39, 0.29) is 69.7 Å². The van der Waals surface area contributed by atoms with E-state index in [4.69, 9.17) is 0 Å². The van der Waals surface area contributed by atoms with Crippen LogP contribution in [0.15, 0.2) is 60.7 Å². The normalized spacial score (nSPS) is 27.3. The Hall–Kier alpha value is -7.69. The summed E-state index contributed by atoms with van der Waals surface area (Å²) in [5.41, 5.74) is 1.40. The molecular weight excluding hydrogens is 1250 g/mol. The van der Waals surface area contributed by atoms with Gasteiger partial charge < -0.3 is 50.5 Å². The Labute approximate surface area is 581 Å². The number of Topliss-reactive ketones (excluding diaryl/α,β-unsaturated/α-hetero) is 4. The average Bonchev–Trinajstić information content (AvgIpc) is 1.57. The SMILES string of the molecule is CC[C@H](C)[C@H]1C(=O)C[C@@H](Cc2ccccc2)C(=O)N(C)[C@@H](Cc2ccccc2)C(=O)C[C@@H]([C@@H](C)O)C(=O)N2CCC[C@H]2C(=O)C[C@@H](CC(C)C)C(=O)N[C@H](C(=O)N2CCCCC2)CC(=O)N[C@@H](C)C(=O)NCC(=O)N(C)[C@@H](C(C)C)C(=O)N(C)[C@@H](CC(C)C)C(=O)C[C@@H](C)C(=O)N1C. The van der Waals surface area contributed by atoms with Gasteiger partial charge in [0.05, 0.1) is 49.2 Å². The van der Waals surface area contributed by atoms with Crippen molar-refractivity contribution in [3.8, 4) is 0 Å². The molecule has 98 heavy (non-hydrogen) atoms. The zero-order valence-electron chi connectivity index (χ0n) is 60.9. The summed E-state index contributed by atoms with van der Waals surface area (Å²) in [6.45, 7) is 19.3. The molecule has 23 nitrogen and oxygen atoms in total. The fraction of sp³-hybridized carbons (Fsp3) is 0.667. The summed E-state index contributed by atoms with van der Waals surface area (Å²) in [5.74, 6) is -13.3. The number of benzene rings is 2. The molecule has 0 unspecified atom stereocenters. The lowest BCUT2D eigenvalue weighted by atomic mass is 9.84. The highest BCUT2D eigenvalue weighted by Crippen LogP contribution is 2.31. The number of likely N-dealkylation sites (tertiary alicyclic amines) is 1. The molecule has 0 spiro atoms. The van der Waals surface area contributed by atoms with Crippen molar-refractivity contribution >= 4 is 76.3 Å². The number of rotatable bonds is 13. The first-order valence-corrected chi connectivity index (χ1v) is 35.6. The highest BCUT2D eigenvalue weighted by molar-refractivity contribution is 6.00. The van der Waals surface area contributed by atoms with E-state index in [1.165, 1.54) is 66.5 Å². The maximum atomic E-state index is 15.5. The number of fused-ring (bicyclic) bond motifs is 1. The summed E-state index contributed by atoms with van der Waals surface area (Å²) in [4.78, 5) is 199. The molecule has 3 aliphatic rings. The largest absolute Gasteiger partial charge is 0.393 e. The Bertz CT molecular complexity index is 3100. The Morgan fingerprint density at radius 2 is 1.10 bits per heavy atom. The summed E-state index contributed by atoms with van der Waals surface area (Å²) < 4.78 is 0. The maximum absolute atomic E-state index is 15.5. The first-order valence-electron chi connectivity index (χ1n) is 35.6. The molecule has 0 radical (unpaired) electrons. The molecule has 3 fully saturated rings. The fourth-order valence-corrected chi connectivity index (χ4v) is 14.2. The number of ketones is 4. The molecule has 2 aromatic carbocycles. The molecule has 2 aromatic rings. The van der Waals surface area contributed by atoms with Crippen molar-refractivity contribution in [1.29, 1.82) is 0 Å². The monoisotopic (exact) mass is 1360 g/mol. The van der Waals surface area contributed by atoms with Gasteiger partial charge in [-0.1, -0.05) is 129 Å². The molecule has 5 rings (SSSR count). The van der Waals surface area contributed by atoms with E-state index in [0.717, 1.165) is 12.0 Å². The summed E-state index contributed by atoms with van der Waals surface area (Å²) in [5, 5.41) is 19.4. The van der Waals surface area contributed by atoms with Gasteiger partial charge in [-0.15, -0.1) is 0 Å². The van der Waals surface area contributed by atoms with Crippen molar-refractivity contribution in [3.05, 3.63) is 71.8 Å². The lowest BCUT2D eigenvalue weighted by molar-refractivity contribution is -0.150. The molecule has 13 atom stereocenters. The number of aliphatic hydroxyl groups excluding tert-OH is 1. The van der Waals surface area contributed by atoms with Gasteiger partial charge in [-0.3, -0.25) is 62.3 Å². The minimum absolute atomic E-state index is 0.00937. The Morgan fingerprint density at radius 3 is 1.66 bits per heavy atom. The van der Waals surface area contributed by atoms with Crippen molar-refractivity contribution < 1.29 is 67.4 Å². The quantitative estimate of drug-likeness (QED) is 0.185. The number of aliphatic hydroxyl groups is 1. The van der Waals surface area contributed by atoms with Crippen LogP contribution in [-0.2, 0) is 75.2 Å². The van der Waals surface area contributed by atoms with Crippen molar-refractivity contribution in [2.45, 2.75) is 221 Å². The Kier molecular flexibility index (Phi) is 31.4. The number of hydrogen-bond acceptors (Lipinski definition) is 14. The molecule has 4 N–H and O–H groups in total. The van der Waals surface area contributed by atoms with Crippen LogP contribution in [-0.4, -0.2) is 214 Å². The van der Waals surface area contributed by atoms with E-state index in [1.54, 1.807) is 68.1 Å². The predicted molar refractivity (Wildman–Crippen MR) is 372 cm³/mol. The van der Waals surface area contributed by atoms with E-state index >= 15 is 19.2 Å². The lowest BCUT2D eigenvalue weighted by Crippen LogP contribution is -2.57. The van der Waals surface area contributed by atoms with Gasteiger partial charge in [0, 0.05) is 91.3 Å². The zero-order valence-corrected chi connectivity index (χ0v) is 60.9. The van der Waals surface area contributed by atoms with Crippen molar-refractivity contribution in [2.75, 3.05) is 54.4 Å². The number of hydrogen-bond donors (Lipinski definition) is 4. The number of likely N-dealkylation sites (N-methyl/N-ethyl adjacent to an activating group) is 4. The van der Waals surface area contributed by atoms with Gasteiger partial charge in [0.1, 0.15) is 18.1 Å². The summed E-state index contributed by atoms with van der Waals surface area (Å²) in [7, 11) is 5.87. The number of carbonyl (C=O) groups is 13. The summed E-state index contributed by atoms with van der Waals surface area (Å²) >= 11 is 0. The third kappa shape index (κ3) is 22.4. The molecule has 3 saturated heterocycles. The van der Waals surface area contributed by atoms with Gasteiger partial charge in [-0.2, -0.15) is 0 Å². The molecule has 3 aliphatic heterocycles. The second kappa shape index (κ2) is 38.0. The summed E-state index contributed by atoms with van der Waals surface area (Å²) in [6.07, 6.45) is 0.157. The highest BCUT2D eigenvalue weighted by atomic mass is 16.3. The third-order valence-electron chi connectivity index (χ3n) is 20.0. The van der Waals surface area contributed by atoms with Crippen molar-refractivity contribution in [2.24, 2.45) is 47.3 Å².